The van der Waals surface area contributed by atoms with Crippen LogP contribution >= 0.6 is 11.6 Å². The molecular formula is C21H21ClN2O3. The van der Waals surface area contributed by atoms with E-state index in [9.17, 15) is 14.4 Å². The third-order valence-corrected chi connectivity index (χ3v) is 7.03. The molecule has 0 spiro atoms. The summed E-state index contributed by atoms with van der Waals surface area (Å²) in [6.45, 7) is 2.03. The molecule has 6 heteroatoms. The molecule has 140 valence electrons. The van der Waals surface area contributed by atoms with Crippen molar-refractivity contribution in [2.24, 2.45) is 35.5 Å². The van der Waals surface area contributed by atoms with Crippen LogP contribution in [0.15, 0.2) is 30.4 Å². The van der Waals surface area contributed by atoms with Gasteiger partial charge in [-0.25, -0.2) is 0 Å². The third-order valence-electron chi connectivity index (χ3n) is 6.79. The number of halogens is 1. The number of carbonyl (C=O) groups is 3. The third kappa shape index (κ3) is 2.55. The second kappa shape index (κ2) is 5.93. The van der Waals surface area contributed by atoms with E-state index in [1.54, 1.807) is 12.1 Å². The predicted molar refractivity (Wildman–Crippen MR) is 101 cm³/mol. The van der Waals surface area contributed by atoms with Crippen molar-refractivity contribution in [2.45, 2.75) is 19.8 Å². The molecule has 6 rings (SSSR count). The molecule has 5 nitrogen and oxygen atoms in total. The largest absolute Gasteiger partial charge is 0.326 e. The number of nitrogens with zero attached hydrogens (tertiary/aromatic N) is 1. The van der Waals surface area contributed by atoms with Gasteiger partial charge in [0.05, 0.1) is 11.8 Å². The number of imide groups is 1. The van der Waals surface area contributed by atoms with Gasteiger partial charge in [0.2, 0.25) is 17.7 Å². The Morgan fingerprint density at radius 2 is 1.78 bits per heavy atom. The highest BCUT2D eigenvalue weighted by Gasteiger charge is 2.66. The monoisotopic (exact) mass is 384 g/mol. The van der Waals surface area contributed by atoms with Gasteiger partial charge in [0.1, 0.15) is 0 Å². The second-order valence-corrected chi connectivity index (χ2v) is 8.68. The molecule has 0 radical (unpaired) electrons. The number of benzene rings is 1. The summed E-state index contributed by atoms with van der Waals surface area (Å²) in [7, 11) is 0. The number of amides is 3. The standard InChI is InChI=1S/C21H21ClN2O3/c1-10-2-3-11(22)8-16(10)23-17(25)6-7-24-20(26)18-12-4-5-13(15-9-14(12)15)19(18)21(24)27/h2-5,8,12-15,18-19H,6-7,9H2,1H3,(H,23,25)/t12-,13+,14-,15-,18+,19-/m1/s1. The molecule has 1 saturated heterocycles. The zero-order valence-electron chi connectivity index (χ0n) is 15.0. The Morgan fingerprint density at radius 1 is 1.15 bits per heavy atom. The van der Waals surface area contributed by atoms with Crippen molar-refractivity contribution in [3.8, 4) is 0 Å². The first kappa shape index (κ1) is 17.0. The molecule has 1 aliphatic heterocycles. The van der Waals surface area contributed by atoms with Crippen molar-refractivity contribution < 1.29 is 14.4 Å². The Morgan fingerprint density at radius 3 is 2.41 bits per heavy atom. The molecule has 3 amide bonds. The van der Waals surface area contributed by atoms with Crippen LogP contribution in [0.4, 0.5) is 5.69 Å². The van der Waals surface area contributed by atoms with Crippen molar-refractivity contribution in [1.29, 1.82) is 0 Å². The van der Waals surface area contributed by atoms with Crippen LogP contribution in [0.25, 0.3) is 0 Å². The molecule has 1 aromatic carbocycles. The second-order valence-electron chi connectivity index (χ2n) is 8.24. The summed E-state index contributed by atoms with van der Waals surface area (Å²) >= 11 is 5.98. The fourth-order valence-corrected chi connectivity index (χ4v) is 5.57. The molecule has 6 atom stereocenters. The van der Waals surface area contributed by atoms with E-state index in [-0.39, 0.29) is 54.4 Å². The van der Waals surface area contributed by atoms with Crippen LogP contribution < -0.4 is 5.32 Å². The summed E-state index contributed by atoms with van der Waals surface area (Å²) in [5.41, 5.74) is 1.57. The number of nitrogens with one attached hydrogen (secondary N) is 1. The molecule has 5 aliphatic rings. The van der Waals surface area contributed by atoms with Gasteiger partial charge in [-0.3, -0.25) is 19.3 Å². The maximum Gasteiger partial charge on any atom is 0.233 e. The van der Waals surface area contributed by atoms with Gasteiger partial charge in [0.25, 0.3) is 0 Å². The van der Waals surface area contributed by atoms with Gasteiger partial charge in [-0.05, 0) is 54.7 Å². The lowest BCUT2D eigenvalue weighted by Gasteiger charge is -2.37. The van der Waals surface area contributed by atoms with E-state index in [4.69, 9.17) is 11.6 Å². The van der Waals surface area contributed by atoms with Crippen LogP contribution in [0.3, 0.4) is 0 Å². The number of allylic oxidation sites excluding steroid dienone is 2. The van der Waals surface area contributed by atoms with Crippen LogP contribution in [-0.4, -0.2) is 29.2 Å². The lowest BCUT2D eigenvalue weighted by molar-refractivity contribution is -0.140. The molecule has 0 unspecified atom stereocenters. The molecule has 2 saturated carbocycles. The first-order chi connectivity index (χ1) is 13.0. The maximum absolute atomic E-state index is 12.9. The fourth-order valence-electron chi connectivity index (χ4n) is 5.39. The Kier molecular flexibility index (Phi) is 3.73. The van der Waals surface area contributed by atoms with Gasteiger partial charge in [-0.2, -0.15) is 0 Å². The summed E-state index contributed by atoms with van der Waals surface area (Å²) < 4.78 is 0. The molecule has 27 heavy (non-hydrogen) atoms. The van der Waals surface area contributed by atoms with E-state index in [0.29, 0.717) is 22.5 Å². The Labute approximate surface area is 162 Å². The van der Waals surface area contributed by atoms with Gasteiger partial charge in [-0.1, -0.05) is 29.8 Å². The van der Waals surface area contributed by atoms with Gasteiger partial charge in [0.15, 0.2) is 0 Å². The molecular weight excluding hydrogens is 364 g/mol. The topological polar surface area (TPSA) is 66.5 Å². The fraction of sp³-hybridized carbons (Fsp3) is 0.476. The van der Waals surface area contributed by atoms with Crippen molar-refractivity contribution >= 4 is 35.0 Å². The highest BCUT2D eigenvalue weighted by Crippen LogP contribution is 2.65. The number of anilines is 1. The summed E-state index contributed by atoms with van der Waals surface area (Å²) in [6, 6.07) is 5.30. The Balaban J connectivity index is 1.26. The summed E-state index contributed by atoms with van der Waals surface area (Å²) in [5, 5.41) is 3.37. The lowest BCUT2D eigenvalue weighted by atomic mass is 9.63. The van der Waals surface area contributed by atoms with Crippen molar-refractivity contribution in [3.63, 3.8) is 0 Å². The molecule has 1 N–H and O–H groups in total. The SMILES string of the molecule is Cc1ccc(Cl)cc1NC(=O)CCN1C(=O)[C@@H]2[C@H]3C=C[C@H]([C@H]4C[C@H]34)[C@@H]2C1=O. The van der Waals surface area contributed by atoms with E-state index in [1.165, 1.54) is 4.90 Å². The molecule has 0 aromatic heterocycles. The van der Waals surface area contributed by atoms with Crippen LogP contribution in [0, 0.1) is 42.4 Å². The zero-order chi connectivity index (χ0) is 18.9. The Hall–Kier alpha value is -2.14. The number of rotatable bonds is 4. The number of likely N-dealkylation sites (tertiary alicyclic amines) is 1. The first-order valence-corrected chi connectivity index (χ1v) is 9.93. The van der Waals surface area contributed by atoms with Gasteiger partial charge < -0.3 is 5.32 Å². The van der Waals surface area contributed by atoms with Gasteiger partial charge >= 0.3 is 0 Å². The molecule has 1 aromatic rings. The normalized spacial score (nSPS) is 35.3. The van der Waals surface area contributed by atoms with E-state index in [2.05, 4.69) is 17.5 Å². The number of aryl methyl sites for hydroxylation is 1. The van der Waals surface area contributed by atoms with Crippen molar-refractivity contribution in [1.82, 2.24) is 4.90 Å². The minimum absolute atomic E-state index is 0.0820. The molecule has 1 heterocycles. The van der Waals surface area contributed by atoms with E-state index in [0.717, 1.165) is 12.0 Å². The van der Waals surface area contributed by atoms with E-state index < -0.39 is 0 Å². The zero-order valence-corrected chi connectivity index (χ0v) is 15.8. The minimum Gasteiger partial charge on any atom is -0.326 e. The smallest absolute Gasteiger partial charge is 0.233 e. The predicted octanol–water partition coefficient (Wildman–Crippen LogP) is 3.03. The van der Waals surface area contributed by atoms with Crippen LogP contribution in [0.1, 0.15) is 18.4 Å². The Bertz CT molecular complexity index is 859. The van der Waals surface area contributed by atoms with Crippen molar-refractivity contribution in [2.75, 3.05) is 11.9 Å². The first-order valence-electron chi connectivity index (χ1n) is 9.55. The van der Waals surface area contributed by atoms with E-state index in [1.807, 2.05) is 13.0 Å². The number of carbonyl (C=O) groups excluding carboxylic acids is 3. The van der Waals surface area contributed by atoms with Crippen molar-refractivity contribution in [3.05, 3.63) is 40.9 Å². The minimum atomic E-state index is -0.222. The average molecular weight is 385 g/mol. The quantitative estimate of drug-likeness (QED) is 0.641. The van der Waals surface area contributed by atoms with E-state index >= 15 is 0 Å². The maximum atomic E-state index is 12.9. The summed E-state index contributed by atoms with van der Waals surface area (Å²) in [4.78, 5) is 39.5. The summed E-state index contributed by atoms with van der Waals surface area (Å²) in [6.07, 6.45) is 5.56. The van der Waals surface area contributed by atoms with Crippen LogP contribution in [0.5, 0.6) is 0 Å². The highest BCUT2D eigenvalue weighted by atomic mass is 35.5. The number of hydrogen-bond donors (Lipinski definition) is 1. The van der Waals surface area contributed by atoms with Crippen LogP contribution in [0.2, 0.25) is 5.02 Å². The lowest BCUT2D eigenvalue weighted by Crippen LogP contribution is -2.40. The molecule has 2 bridgehead atoms. The number of hydrogen-bond acceptors (Lipinski definition) is 3. The van der Waals surface area contributed by atoms with Crippen LogP contribution in [-0.2, 0) is 14.4 Å². The van der Waals surface area contributed by atoms with Gasteiger partial charge in [0, 0.05) is 23.7 Å². The average Bonchev–Trinajstić information content (AvgIpc) is 3.42. The summed E-state index contributed by atoms with van der Waals surface area (Å²) in [5.74, 6) is 0.828. The van der Waals surface area contributed by atoms with Gasteiger partial charge in [-0.15, -0.1) is 0 Å². The highest BCUT2D eigenvalue weighted by molar-refractivity contribution is 6.31. The molecule has 3 fully saturated rings. The molecule has 4 aliphatic carbocycles.